The number of Topliss-reactive ketones (excluding diaryl/α,β-unsaturated/α-hetero) is 2. The van der Waals surface area contributed by atoms with Gasteiger partial charge in [0.25, 0.3) is 5.78 Å². The van der Waals surface area contributed by atoms with E-state index in [1.54, 1.807) is 0 Å². The van der Waals surface area contributed by atoms with Crippen LogP contribution in [-0.2, 0) is 17.6 Å². The van der Waals surface area contributed by atoms with Gasteiger partial charge in [0.1, 0.15) is 11.3 Å². The molecular weight excluding hydrogens is 332 g/mol. The van der Waals surface area contributed by atoms with Crippen LogP contribution in [0, 0.1) is 0 Å². The number of carbonyl (C=O) groups excluding carboxylic acids is 2. The normalized spacial score (nSPS) is 10.9. The summed E-state index contributed by atoms with van der Waals surface area (Å²) in [6, 6.07) is 17.3. The molecule has 2 aromatic heterocycles. The number of rotatable bonds is 6. The number of H-pyrrole nitrogens is 1. The minimum absolute atomic E-state index is 0.0768. The third-order valence-electron chi connectivity index (χ3n) is 4.13. The molecule has 7 nitrogen and oxygen atoms in total. The van der Waals surface area contributed by atoms with E-state index < -0.39 is 11.6 Å². The Labute approximate surface area is 148 Å². The van der Waals surface area contributed by atoms with E-state index in [1.165, 1.54) is 0 Å². The summed E-state index contributed by atoms with van der Waals surface area (Å²) in [6.07, 6.45) is 0.459. The van der Waals surface area contributed by atoms with Crippen LogP contribution in [-0.4, -0.2) is 32.2 Å². The van der Waals surface area contributed by atoms with Crippen molar-refractivity contribution in [2.24, 2.45) is 0 Å². The molecule has 0 spiro atoms. The second-order valence-electron chi connectivity index (χ2n) is 5.83. The maximum Gasteiger partial charge on any atom is 0.269 e. The van der Waals surface area contributed by atoms with Crippen LogP contribution < -0.4 is 0 Å². The van der Waals surface area contributed by atoms with Gasteiger partial charge in [0.2, 0.25) is 11.6 Å². The second-order valence-corrected chi connectivity index (χ2v) is 5.83. The lowest BCUT2D eigenvalue weighted by atomic mass is 9.99. The maximum atomic E-state index is 12.4. The molecule has 0 aliphatic rings. The predicted molar refractivity (Wildman–Crippen MR) is 92.7 cm³/mol. The second kappa shape index (κ2) is 6.72. The van der Waals surface area contributed by atoms with E-state index in [0.29, 0.717) is 23.3 Å². The van der Waals surface area contributed by atoms with Gasteiger partial charge >= 0.3 is 0 Å². The third-order valence-corrected chi connectivity index (χ3v) is 4.13. The summed E-state index contributed by atoms with van der Waals surface area (Å²) in [7, 11) is 0. The van der Waals surface area contributed by atoms with E-state index in [2.05, 4.69) is 20.6 Å². The molecule has 4 aromatic rings. The monoisotopic (exact) mass is 346 g/mol. The highest BCUT2D eigenvalue weighted by molar-refractivity contribution is 6.43. The fraction of sp³-hybridized carbons (Fsp3) is 0.105. The number of ketones is 2. The number of benzene rings is 2. The van der Waals surface area contributed by atoms with Crippen molar-refractivity contribution in [3.05, 3.63) is 77.3 Å². The number of nitrogens with zero attached hydrogens (tertiary/aromatic N) is 3. The summed E-state index contributed by atoms with van der Waals surface area (Å²) >= 11 is 0. The Bertz CT molecular complexity index is 1070. The Kier molecular flexibility index (Phi) is 4.10. The highest BCUT2D eigenvalue weighted by Gasteiger charge is 2.24. The van der Waals surface area contributed by atoms with Crippen LogP contribution in [0.4, 0.5) is 0 Å². The lowest BCUT2D eigenvalue weighted by Gasteiger charge is -2.02. The third kappa shape index (κ3) is 3.02. The van der Waals surface area contributed by atoms with Crippen LogP contribution >= 0.6 is 0 Å². The van der Waals surface area contributed by atoms with E-state index in [4.69, 9.17) is 4.42 Å². The zero-order valence-corrected chi connectivity index (χ0v) is 13.7. The molecule has 0 saturated carbocycles. The van der Waals surface area contributed by atoms with Crippen molar-refractivity contribution >= 4 is 22.5 Å². The van der Waals surface area contributed by atoms with Crippen LogP contribution in [0.1, 0.15) is 27.5 Å². The number of aromatic amines is 1. The molecule has 0 aliphatic carbocycles. The SMILES string of the molecule is O=C(Cc1c(Cc2ccccc2)oc2ccccc12)C(=O)c1nn[nH]n1. The number of furan rings is 1. The van der Waals surface area contributed by atoms with E-state index in [0.717, 1.165) is 10.9 Å². The van der Waals surface area contributed by atoms with Crippen LogP contribution in [0.2, 0.25) is 0 Å². The molecule has 0 unspecified atom stereocenters. The molecule has 1 N–H and O–H groups in total. The lowest BCUT2D eigenvalue weighted by molar-refractivity contribution is -0.114. The molecule has 0 fully saturated rings. The first-order chi connectivity index (χ1) is 12.7. The van der Waals surface area contributed by atoms with Gasteiger partial charge in [0.05, 0.1) is 0 Å². The van der Waals surface area contributed by atoms with E-state index >= 15 is 0 Å². The van der Waals surface area contributed by atoms with Gasteiger partial charge in [-0.25, -0.2) is 0 Å². The van der Waals surface area contributed by atoms with E-state index in [9.17, 15) is 9.59 Å². The highest BCUT2D eigenvalue weighted by Crippen LogP contribution is 2.28. The quantitative estimate of drug-likeness (QED) is 0.425. The lowest BCUT2D eigenvalue weighted by Crippen LogP contribution is -2.18. The number of nitrogens with one attached hydrogen (secondary N) is 1. The summed E-state index contributed by atoms with van der Waals surface area (Å²) in [5.41, 5.74) is 2.46. The number of hydrogen-bond donors (Lipinski definition) is 1. The number of fused-ring (bicyclic) bond motifs is 1. The van der Waals surface area contributed by atoms with Gasteiger partial charge in [-0.1, -0.05) is 48.5 Å². The van der Waals surface area contributed by atoms with E-state index in [1.807, 2.05) is 54.6 Å². The Morgan fingerprint density at radius 3 is 2.54 bits per heavy atom. The molecule has 26 heavy (non-hydrogen) atoms. The van der Waals surface area contributed by atoms with Crippen molar-refractivity contribution in [2.45, 2.75) is 12.8 Å². The summed E-state index contributed by atoms with van der Waals surface area (Å²) in [5.74, 6) is -0.930. The molecule has 7 heteroatoms. The van der Waals surface area contributed by atoms with Gasteiger partial charge in [-0.15, -0.1) is 10.2 Å². The smallest absolute Gasteiger partial charge is 0.269 e. The molecule has 128 valence electrons. The molecular formula is C19H14N4O3. The Morgan fingerprint density at radius 2 is 1.77 bits per heavy atom. The molecule has 4 rings (SSSR count). The molecule has 2 aromatic carbocycles. The van der Waals surface area contributed by atoms with Crippen LogP contribution in [0.3, 0.4) is 0 Å². The molecule has 2 heterocycles. The fourth-order valence-electron chi connectivity index (χ4n) is 2.89. The maximum absolute atomic E-state index is 12.4. The van der Waals surface area contributed by atoms with Crippen molar-refractivity contribution < 1.29 is 14.0 Å². The average molecular weight is 346 g/mol. The van der Waals surface area contributed by atoms with Crippen molar-refractivity contribution in [3.63, 3.8) is 0 Å². The van der Waals surface area contributed by atoms with Gasteiger partial charge in [-0.05, 0) is 16.8 Å². The van der Waals surface area contributed by atoms with Crippen molar-refractivity contribution in [2.75, 3.05) is 0 Å². The van der Waals surface area contributed by atoms with Crippen molar-refractivity contribution in [3.8, 4) is 0 Å². The van der Waals surface area contributed by atoms with Crippen LogP contribution in [0.5, 0.6) is 0 Å². The zero-order valence-electron chi connectivity index (χ0n) is 13.7. The number of hydrogen-bond acceptors (Lipinski definition) is 6. The molecule has 0 aliphatic heterocycles. The molecule has 0 radical (unpaired) electrons. The molecule has 0 atom stereocenters. The zero-order chi connectivity index (χ0) is 17.9. The summed E-state index contributed by atoms with van der Waals surface area (Å²) in [5, 5.41) is 13.5. The molecule has 0 amide bonds. The summed E-state index contributed by atoms with van der Waals surface area (Å²) < 4.78 is 5.96. The van der Waals surface area contributed by atoms with Gasteiger partial charge in [-0.2, -0.15) is 5.21 Å². The first-order valence-corrected chi connectivity index (χ1v) is 8.06. The van der Waals surface area contributed by atoms with Gasteiger partial charge in [0, 0.05) is 23.8 Å². The average Bonchev–Trinajstić information content (AvgIpc) is 3.31. The van der Waals surface area contributed by atoms with Crippen LogP contribution in [0.15, 0.2) is 59.0 Å². The molecule has 0 bridgehead atoms. The number of aromatic nitrogens is 4. The van der Waals surface area contributed by atoms with Crippen molar-refractivity contribution in [1.82, 2.24) is 20.6 Å². The van der Waals surface area contributed by atoms with Gasteiger partial charge < -0.3 is 4.42 Å². The van der Waals surface area contributed by atoms with Crippen LogP contribution in [0.25, 0.3) is 11.0 Å². The largest absolute Gasteiger partial charge is 0.460 e. The number of carbonyl (C=O) groups is 2. The van der Waals surface area contributed by atoms with Gasteiger partial charge in [-0.3, -0.25) is 9.59 Å². The Hall–Kier alpha value is -3.61. The number of tetrazole rings is 1. The predicted octanol–water partition coefficient (Wildman–Crippen LogP) is 2.53. The highest BCUT2D eigenvalue weighted by atomic mass is 16.3. The Balaban J connectivity index is 1.69. The molecule has 0 saturated heterocycles. The van der Waals surface area contributed by atoms with E-state index in [-0.39, 0.29) is 12.2 Å². The first kappa shape index (κ1) is 15.9. The fourth-order valence-corrected chi connectivity index (χ4v) is 2.89. The minimum atomic E-state index is -0.769. The van der Waals surface area contributed by atoms with Crippen molar-refractivity contribution in [1.29, 1.82) is 0 Å². The first-order valence-electron chi connectivity index (χ1n) is 8.06. The summed E-state index contributed by atoms with van der Waals surface area (Å²) in [6.45, 7) is 0. The topological polar surface area (TPSA) is 102 Å². The Morgan fingerprint density at radius 1 is 1.00 bits per heavy atom. The number of para-hydroxylation sites is 1. The van der Waals surface area contributed by atoms with Gasteiger partial charge in [0.15, 0.2) is 0 Å². The minimum Gasteiger partial charge on any atom is -0.460 e. The summed E-state index contributed by atoms with van der Waals surface area (Å²) in [4.78, 5) is 24.6. The standard InChI is InChI=1S/C19H14N4O3/c24-15(18(25)19-20-22-23-21-19)11-14-13-8-4-5-9-16(13)26-17(14)10-12-6-2-1-3-7-12/h1-9H,10-11H2,(H,20,21,22,23).